The number of nitrogens with zero attached hydrogens (tertiary/aromatic N) is 1. The molecule has 2 heterocycles. The number of hydrogen-bond donors (Lipinski definition) is 0. The van der Waals surface area contributed by atoms with Crippen LogP contribution in [0.25, 0.3) is 10.6 Å². The van der Waals surface area contributed by atoms with Gasteiger partial charge >= 0.3 is 5.97 Å². The van der Waals surface area contributed by atoms with Crippen LogP contribution in [0.15, 0.2) is 8.58 Å². The van der Waals surface area contributed by atoms with Gasteiger partial charge in [0, 0.05) is 7.05 Å². The van der Waals surface area contributed by atoms with E-state index in [0.29, 0.717) is 4.88 Å². The molecule has 0 amide bonds. The summed E-state index contributed by atoms with van der Waals surface area (Å²) in [5.74, 6) is -0.542. The highest BCUT2D eigenvalue weighted by atomic mass is 79.9. The maximum atomic E-state index is 11.9. The third-order valence-corrected chi connectivity index (χ3v) is 5.90. The van der Waals surface area contributed by atoms with Gasteiger partial charge in [0.15, 0.2) is 0 Å². The number of hydrogen-bond acceptors (Lipinski definition) is 5. The molecule has 0 aliphatic carbocycles. The predicted octanol–water partition coefficient (Wildman–Crippen LogP) is 2.55. The first-order valence-electron chi connectivity index (χ1n) is 4.52. The van der Waals surface area contributed by atoms with Crippen LogP contribution in [0.4, 0.5) is 0 Å². The zero-order valence-corrected chi connectivity index (χ0v) is 11.8. The fourth-order valence-corrected chi connectivity index (χ4v) is 4.93. The Labute approximate surface area is 107 Å². The summed E-state index contributed by atoms with van der Waals surface area (Å²) in [4.78, 5) is 24.2. The molecule has 0 aromatic carbocycles. The minimum Gasteiger partial charge on any atom is -0.462 e. The van der Waals surface area contributed by atoms with Crippen molar-refractivity contribution >= 4 is 42.6 Å². The molecule has 0 bridgehead atoms. The lowest BCUT2D eigenvalue weighted by atomic mass is 10.3. The molecule has 0 N–H and O–H groups in total. The first kappa shape index (κ1) is 11.8. The van der Waals surface area contributed by atoms with Crippen molar-refractivity contribution in [3.05, 3.63) is 19.7 Å². The van der Waals surface area contributed by atoms with Gasteiger partial charge in [0.25, 0.3) is 5.56 Å². The van der Waals surface area contributed by atoms with Crippen LogP contribution < -0.4 is 5.56 Å². The van der Waals surface area contributed by atoms with Crippen LogP contribution >= 0.6 is 36.6 Å². The molecule has 0 atom stereocenters. The fourth-order valence-electron chi connectivity index (χ4n) is 1.44. The van der Waals surface area contributed by atoms with Crippen LogP contribution in [0.1, 0.15) is 17.3 Å². The van der Waals surface area contributed by atoms with Gasteiger partial charge in [-0.05, 0) is 22.9 Å². The molecule has 4 nitrogen and oxygen atoms in total. The molecule has 2 rings (SSSR count). The summed E-state index contributed by atoms with van der Waals surface area (Å²) in [5, 5.41) is 0. The van der Waals surface area contributed by atoms with Crippen LogP contribution in [-0.2, 0) is 11.8 Å². The highest BCUT2D eigenvalue weighted by Crippen LogP contribution is 2.42. The molecule has 0 fully saturated rings. The second-order valence-corrected chi connectivity index (χ2v) is 6.55. The molecule has 16 heavy (non-hydrogen) atoms. The molecule has 0 aromatic rings. The van der Waals surface area contributed by atoms with Crippen LogP contribution in [0.2, 0.25) is 0 Å². The van der Waals surface area contributed by atoms with Gasteiger partial charge in [-0.15, -0.1) is 0 Å². The van der Waals surface area contributed by atoms with E-state index in [1.807, 2.05) is 0 Å². The van der Waals surface area contributed by atoms with Crippen molar-refractivity contribution < 1.29 is 9.53 Å². The van der Waals surface area contributed by atoms with Gasteiger partial charge in [-0.2, -0.15) is 0 Å². The first-order valence-corrected chi connectivity index (χ1v) is 7.46. The van der Waals surface area contributed by atoms with Crippen molar-refractivity contribution in [1.82, 2.24) is 4.57 Å². The van der Waals surface area contributed by atoms with Gasteiger partial charge in [-0.3, -0.25) is 4.79 Å². The molecular formula is C9H8BrNO3S2. The van der Waals surface area contributed by atoms with Gasteiger partial charge in [0.2, 0.25) is 0 Å². The Balaban J connectivity index is 2.65. The van der Waals surface area contributed by atoms with Gasteiger partial charge in [0.1, 0.15) is 9.35 Å². The second kappa shape index (κ2) is 4.31. The standard InChI is InChI=1S/C9H8BrNO3S2/c1-3-14-9(13)4-6-5(7(10)16-15-6)11(2)8(4)12/h3H2,1-2H3. The van der Waals surface area contributed by atoms with Crippen molar-refractivity contribution in [2.24, 2.45) is 7.05 Å². The van der Waals surface area contributed by atoms with E-state index in [0.717, 1.165) is 9.48 Å². The number of ether oxygens (including phenoxy) is 1. The zero-order valence-electron chi connectivity index (χ0n) is 8.57. The molecular weight excluding hydrogens is 314 g/mol. The Morgan fingerprint density at radius 1 is 1.50 bits per heavy atom. The van der Waals surface area contributed by atoms with E-state index in [-0.39, 0.29) is 17.7 Å². The zero-order chi connectivity index (χ0) is 11.9. The van der Waals surface area contributed by atoms with Crippen molar-refractivity contribution in [3.63, 3.8) is 0 Å². The minimum absolute atomic E-state index is 0.145. The highest BCUT2D eigenvalue weighted by molar-refractivity contribution is 9.11. The summed E-state index contributed by atoms with van der Waals surface area (Å²) < 4.78 is 7.22. The Morgan fingerprint density at radius 2 is 2.19 bits per heavy atom. The summed E-state index contributed by atoms with van der Waals surface area (Å²) in [6.07, 6.45) is 0. The number of rotatable bonds is 2. The SMILES string of the molecule is CCOC(=O)c1c2ssc(Br)c-2n(C)c1=O. The number of carbonyl (C=O) groups is 1. The van der Waals surface area contributed by atoms with E-state index in [2.05, 4.69) is 15.9 Å². The maximum Gasteiger partial charge on any atom is 0.345 e. The summed E-state index contributed by atoms with van der Waals surface area (Å²) >= 11 is 3.37. The normalized spacial score (nSPS) is 10.9. The maximum absolute atomic E-state index is 11.9. The second-order valence-electron chi connectivity index (χ2n) is 3.08. The van der Waals surface area contributed by atoms with Crippen molar-refractivity contribution in [2.45, 2.75) is 6.92 Å². The van der Waals surface area contributed by atoms with Crippen LogP contribution in [0.5, 0.6) is 0 Å². The highest BCUT2D eigenvalue weighted by Gasteiger charge is 2.29. The van der Waals surface area contributed by atoms with Crippen LogP contribution in [0.3, 0.4) is 0 Å². The lowest BCUT2D eigenvalue weighted by Crippen LogP contribution is -2.19. The number of fused-ring (bicyclic) bond motifs is 1. The van der Waals surface area contributed by atoms with E-state index in [9.17, 15) is 9.59 Å². The molecule has 86 valence electrons. The van der Waals surface area contributed by atoms with E-state index in [1.54, 1.807) is 14.0 Å². The molecule has 0 saturated heterocycles. The largest absolute Gasteiger partial charge is 0.462 e. The average molecular weight is 322 g/mol. The minimum atomic E-state index is -0.542. The predicted molar refractivity (Wildman–Crippen MR) is 67.7 cm³/mol. The van der Waals surface area contributed by atoms with E-state index in [1.165, 1.54) is 25.2 Å². The van der Waals surface area contributed by atoms with Crippen LogP contribution in [-0.4, -0.2) is 17.1 Å². The molecule has 2 aliphatic rings. The molecule has 0 aromatic heterocycles. The third-order valence-electron chi connectivity index (χ3n) is 2.16. The molecule has 0 saturated carbocycles. The lowest BCUT2D eigenvalue weighted by Gasteiger charge is -1.97. The summed E-state index contributed by atoms with van der Waals surface area (Å²) in [6, 6.07) is 0. The number of aromatic nitrogens is 1. The molecule has 0 spiro atoms. The van der Waals surface area contributed by atoms with Gasteiger partial charge in [-0.1, -0.05) is 20.7 Å². The number of carbonyl (C=O) groups excluding carboxylic acids is 1. The molecule has 2 aliphatic heterocycles. The Hall–Kier alpha value is -0.660. The Bertz CT molecular complexity index is 568. The molecule has 7 heteroatoms. The van der Waals surface area contributed by atoms with Gasteiger partial charge in [-0.25, -0.2) is 4.79 Å². The van der Waals surface area contributed by atoms with E-state index in [4.69, 9.17) is 4.74 Å². The smallest absolute Gasteiger partial charge is 0.345 e. The molecule has 0 unspecified atom stereocenters. The topological polar surface area (TPSA) is 48.3 Å². The summed E-state index contributed by atoms with van der Waals surface area (Å²) in [6.45, 7) is 1.99. The number of halogens is 1. The van der Waals surface area contributed by atoms with Crippen molar-refractivity contribution in [1.29, 1.82) is 0 Å². The summed E-state index contributed by atoms with van der Waals surface area (Å²) in [7, 11) is 4.54. The Kier molecular flexibility index (Phi) is 3.18. The average Bonchev–Trinajstić information content (AvgIpc) is 2.70. The molecule has 0 radical (unpaired) electrons. The van der Waals surface area contributed by atoms with E-state index < -0.39 is 5.97 Å². The van der Waals surface area contributed by atoms with E-state index >= 15 is 0 Å². The quantitative estimate of drug-likeness (QED) is 0.631. The number of esters is 1. The lowest BCUT2D eigenvalue weighted by molar-refractivity contribution is 0.0526. The van der Waals surface area contributed by atoms with Gasteiger partial charge < -0.3 is 9.30 Å². The van der Waals surface area contributed by atoms with Crippen LogP contribution in [0, 0.1) is 0 Å². The van der Waals surface area contributed by atoms with Crippen molar-refractivity contribution in [2.75, 3.05) is 6.61 Å². The first-order chi connectivity index (χ1) is 7.57. The summed E-state index contributed by atoms with van der Waals surface area (Å²) in [5.41, 5.74) is 0.613. The third kappa shape index (κ3) is 1.63. The van der Waals surface area contributed by atoms with Gasteiger partial charge in [0.05, 0.1) is 17.2 Å². The van der Waals surface area contributed by atoms with Crippen molar-refractivity contribution in [3.8, 4) is 10.6 Å². The Morgan fingerprint density at radius 3 is 2.81 bits per heavy atom. The monoisotopic (exact) mass is 321 g/mol. The fraction of sp³-hybridized carbons (Fsp3) is 0.333.